The maximum absolute atomic E-state index is 13.7. The van der Waals surface area contributed by atoms with Crippen molar-refractivity contribution in [3.8, 4) is 0 Å². The van der Waals surface area contributed by atoms with Crippen LogP contribution in [0.2, 0.25) is 0 Å². The number of aryl methyl sites for hydroxylation is 2. The summed E-state index contributed by atoms with van der Waals surface area (Å²) in [6.45, 7) is 6.73. The van der Waals surface area contributed by atoms with Gasteiger partial charge in [0.2, 0.25) is 0 Å². The van der Waals surface area contributed by atoms with E-state index in [2.05, 4.69) is 31.3 Å². The highest BCUT2D eigenvalue weighted by atomic mass is 19.1. The maximum atomic E-state index is 13.7. The molecule has 100 valence electrons. The molecule has 1 atom stereocenters. The third-order valence-electron chi connectivity index (χ3n) is 3.45. The van der Waals surface area contributed by atoms with Crippen molar-refractivity contribution >= 4 is 0 Å². The van der Waals surface area contributed by atoms with E-state index in [1.807, 2.05) is 25.1 Å². The van der Waals surface area contributed by atoms with E-state index in [1.165, 1.54) is 17.2 Å². The number of nitrogens with one attached hydrogen (secondary N) is 1. The highest BCUT2D eigenvalue weighted by Crippen LogP contribution is 2.18. The van der Waals surface area contributed by atoms with Gasteiger partial charge in [0.15, 0.2) is 0 Å². The van der Waals surface area contributed by atoms with Crippen molar-refractivity contribution in [3.05, 3.63) is 70.5 Å². The first-order valence-corrected chi connectivity index (χ1v) is 6.62. The zero-order valence-corrected chi connectivity index (χ0v) is 11.7. The highest BCUT2D eigenvalue weighted by Gasteiger charge is 2.09. The highest BCUT2D eigenvalue weighted by molar-refractivity contribution is 5.29. The second-order valence-electron chi connectivity index (χ2n) is 5.05. The van der Waals surface area contributed by atoms with Gasteiger partial charge < -0.3 is 5.32 Å². The molecule has 0 aliphatic heterocycles. The predicted octanol–water partition coefficient (Wildman–Crippen LogP) is 4.29. The normalized spacial score (nSPS) is 12.4. The Kier molecular flexibility index (Phi) is 4.33. The zero-order chi connectivity index (χ0) is 13.8. The fourth-order valence-corrected chi connectivity index (χ4v) is 2.28. The molecule has 0 radical (unpaired) electrons. The fraction of sp³-hybridized carbons (Fsp3) is 0.294. The summed E-state index contributed by atoms with van der Waals surface area (Å²) in [7, 11) is 0. The second-order valence-corrected chi connectivity index (χ2v) is 5.05. The Bertz CT molecular complexity index is 563. The summed E-state index contributed by atoms with van der Waals surface area (Å²) < 4.78 is 13.7. The molecule has 0 aromatic heterocycles. The van der Waals surface area contributed by atoms with Gasteiger partial charge >= 0.3 is 0 Å². The lowest BCUT2D eigenvalue weighted by molar-refractivity contribution is 0.542. The smallest absolute Gasteiger partial charge is 0.127 e. The first kappa shape index (κ1) is 13.8. The van der Waals surface area contributed by atoms with Crippen LogP contribution in [-0.4, -0.2) is 0 Å². The van der Waals surface area contributed by atoms with Crippen molar-refractivity contribution in [1.29, 1.82) is 0 Å². The molecule has 2 rings (SSSR count). The van der Waals surface area contributed by atoms with E-state index >= 15 is 0 Å². The van der Waals surface area contributed by atoms with Gasteiger partial charge in [-0.2, -0.15) is 0 Å². The Morgan fingerprint density at radius 3 is 2.58 bits per heavy atom. The van der Waals surface area contributed by atoms with E-state index in [1.54, 1.807) is 6.07 Å². The van der Waals surface area contributed by atoms with Crippen molar-refractivity contribution < 1.29 is 4.39 Å². The molecular formula is C17H20FN. The second kappa shape index (κ2) is 5.98. The third-order valence-corrected chi connectivity index (χ3v) is 3.45. The van der Waals surface area contributed by atoms with Gasteiger partial charge in [0.25, 0.3) is 0 Å². The van der Waals surface area contributed by atoms with Crippen LogP contribution in [0.1, 0.15) is 35.2 Å². The van der Waals surface area contributed by atoms with E-state index in [0.29, 0.717) is 6.54 Å². The van der Waals surface area contributed by atoms with Crippen molar-refractivity contribution in [2.24, 2.45) is 0 Å². The Morgan fingerprint density at radius 2 is 1.84 bits per heavy atom. The van der Waals surface area contributed by atoms with Crippen LogP contribution in [0.25, 0.3) is 0 Å². The number of hydrogen-bond donors (Lipinski definition) is 1. The Hall–Kier alpha value is -1.67. The molecule has 0 saturated carbocycles. The van der Waals surface area contributed by atoms with E-state index < -0.39 is 0 Å². The van der Waals surface area contributed by atoms with Crippen LogP contribution < -0.4 is 5.32 Å². The molecule has 0 bridgehead atoms. The van der Waals surface area contributed by atoms with Crippen LogP contribution >= 0.6 is 0 Å². The van der Waals surface area contributed by atoms with E-state index in [4.69, 9.17) is 0 Å². The molecule has 2 heteroatoms. The van der Waals surface area contributed by atoms with Gasteiger partial charge in [0.05, 0.1) is 0 Å². The first-order valence-electron chi connectivity index (χ1n) is 6.62. The predicted molar refractivity (Wildman–Crippen MR) is 77.6 cm³/mol. The molecule has 1 N–H and O–H groups in total. The Balaban J connectivity index is 2.06. The zero-order valence-electron chi connectivity index (χ0n) is 11.7. The minimum Gasteiger partial charge on any atom is -0.306 e. The molecule has 0 aliphatic rings. The lowest BCUT2D eigenvalue weighted by Crippen LogP contribution is -2.19. The molecule has 0 heterocycles. The topological polar surface area (TPSA) is 12.0 Å². The maximum Gasteiger partial charge on any atom is 0.127 e. The first-order chi connectivity index (χ1) is 9.08. The molecule has 0 saturated heterocycles. The fourth-order valence-electron chi connectivity index (χ4n) is 2.28. The molecular weight excluding hydrogens is 237 g/mol. The van der Waals surface area contributed by atoms with Gasteiger partial charge in [-0.1, -0.05) is 42.0 Å². The van der Waals surface area contributed by atoms with E-state index in [-0.39, 0.29) is 11.9 Å². The molecule has 0 unspecified atom stereocenters. The van der Waals surface area contributed by atoms with Crippen molar-refractivity contribution in [2.45, 2.75) is 33.4 Å². The Morgan fingerprint density at radius 1 is 1.11 bits per heavy atom. The third kappa shape index (κ3) is 3.42. The largest absolute Gasteiger partial charge is 0.306 e. The van der Waals surface area contributed by atoms with Gasteiger partial charge in [-0.3, -0.25) is 0 Å². The molecule has 0 amide bonds. The number of halogens is 1. The van der Waals surface area contributed by atoms with Crippen LogP contribution in [0.5, 0.6) is 0 Å². The van der Waals surface area contributed by atoms with Crippen LogP contribution in [0.15, 0.2) is 42.5 Å². The summed E-state index contributed by atoms with van der Waals surface area (Å²) in [6.07, 6.45) is 0. The van der Waals surface area contributed by atoms with Gasteiger partial charge in [-0.25, -0.2) is 4.39 Å². The van der Waals surface area contributed by atoms with Crippen molar-refractivity contribution in [3.63, 3.8) is 0 Å². The van der Waals surface area contributed by atoms with Crippen LogP contribution in [0.3, 0.4) is 0 Å². The minimum atomic E-state index is -0.143. The summed E-state index contributed by atoms with van der Waals surface area (Å²) in [6, 6.07) is 13.7. The SMILES string of the molecule is Cc1ccc(F)c(CN[C@H](C)c2ccccc2C)c1. The van der Waals surface area contributed by atoms with Crippen LogP contribution in [0.4, 0.5) is 4.39 Å². The van der Waals surface area contributed by atoms with Crippen LogP contribution in [-0.2, 0) is 6.54 Å². The van der Waals surface area contributed by atoms with E-state index in [9.17, 15) is 4.39 Å². The monoisotopic (exact) mass is 257 g/mol. The molecule has 2 aromatic carbocycles. The lowest BCUT2D eigenvalue weighted by atomic mass is 10.0. The summed E-state index contributed by atoms with van der Waals surface area (Å²) in [5.74, 6) is -0.143. The van der Waals surface area contributed by atoms with Gasteiger partial charge in [-0.05, 0) is 38.0 Å². The number of hydrogen-bond acceptors (Lipinski definition) is 1. The Labute approximate surface area is 114 Å². The quantitative estimate of drug-likeness (QED) is 0.861. The van der Waals surface area contributed by atoms with Gasteiger partial charge in [-0.15, -0.1) is 0 Å². The summed E-state index contributed by atoms with van der Waals surface area (Å²) in [4.78, 5) is 0. The average Bonchev–Trinajstić information content (AvgIpc) is 2.40. The minimum absolute atomic E-state index is 0.143. The molecule has 2 aromatic rings. The summed E-state index contributed by atoms with van der Waals surface area (Å²) in [5, 5.41) is 3.38. The van der Waals surface area contributed by atoms with Crippen molar-refractivity contribution in [1.82, 2.24) is 5.32 Å². The van der Waals surface area contributed by atoms with Crippen LogP contribution in [0, 0.1) is 19.7 Å². The number of rotatable bonds is 4. The standard InChI is InChI=1S/C17H20FN/c1-12-8-9-17(18)15(10-12)11-19-14(3)16-7-5-4-6-13(16)2/h4-10,14,19H,11H2,1-3H3/t14-/m1/s1. The van der Waals surface area contributed by atoms with Gasteiger partial charge in [0, 0.05) is 18.2 Å². The molecule has 19 heavy (non-hydrogen) atoms. The van der Waals surface area contributed by atoms with Gasteiger partial charge in [0.1, 0.15) is 5.82 Å². The number of benzene rings is 2. The van der Waals surface area contributed by atoms with E-state index in [0.717, 1.165) is 11.1 Å². The molecule has 0 fully saturated rings. The summed E-state index contributed by atoms with van der Waals surface area (Å²) in [5.41, 5.74) is 4.32. The lowest BCUT2D eigenvalue weighted by Gasteiger charge is -2.17. The molecule has 1 nitrogen and oxygen atoms in total. The summed E-state index contributed by atoms with van der Waals surface area (Å²) >= 11 is 0. The molecule has 0 aliphatic carbocycles. The average molecular weight is 257 g/mol. The molecule has 0 spiro atoms. The van der Waals surface area contributed by atoms with Crippen molar-refractivity contribution in [2.75, 3.05) is 0 Å².